The molecule has 19 heavy (non-hydrogen) atoms. The minimum Gasteiger partial charge on any atom is -0.497 e. The third-order valence-electron chi connectivity index (χ3n) is 3.21. The average Bonchev–Trinajstić information content (AvgIpc) is 2.46. The van der Waals surface area contributed by atoms with E-state index in [0.717, 1.165) is 22.4 Å². The van der Waals surface area contributed by atoms with Crippen molar-refractivity contribution in [3.05, 3.63) is 65.2 Å². The molecule has 3 N–H and O–H groups in total. The van der Waals surface area contributed by atoms with Crippen molar-refractivity contribution in [3.8, 4) is 5.75 Å². The summed E-state index contributed by atoms with van der Waals surface area (Å²) in [5.41, 5.74) is 8.57. The van der Waals surface area contributed by atoms with Crippen LogP contribution in [0.1, 0.15) is 35.8 Å². The molecule has 0 aliphatic carbocycles. The van der Waals surface area contributed by atoms with E-state index >= 15 is 0 Å². The van der Waals surface area contributed by atoms with Crippen molar-refractivity contribution in [1.29, 1.82) is 0 Å². The second kappa shape index (κ2) is 5.87. The third-order valence-corrected chi connectivity index (χ3v) is 3.21. The van der Waals surface area contributed by atoms with E-state index in [1.165, 1.54) is 0 Å². The molecule has 0 bridgehead atoms. The van der Waals surface area contributed by atoms with E-state index in [2.05, 4.69) is 0 Å². The summed E-state index contributed by atoms with van der Waals surface area (Å²) >= 11 is 0. The molecule has 2 unspecified atom stereocenters. The summed E-state index contributed by atoms with van der Waals surface area (Å²) in [5, 5.41) is 10.3. The summed E-state index contributed by atoms with van der Waals surface area (Å²) in [5.74, 6) is 0.781. The number of methoxy groups -OCH3 is 1. The number of aliphatic hydroxyl groups excluding tert-OH is 1. The number of benzene rings is 2. The Hall–Kier alpha value is -1.84. The van der Waals surface area contributed by atoms with Gasteiger partial charge in [0.15, 0.2) is 0 Å². The smallest absolute Gasteiger partial charge is 0.118 e. The first-order valence-corrected chi connectivity index (χ1v) is 6.29. The van der Waals surface area contributed by atoms with Crippen LogP contribution >= 0.6 is 0 Å². The van der Waals surface area contributed by atoms with Crippen LogP contribution in [0.15, 0.2) is 48.5 Å². The fourth-order valence-electron chi connectivity index (χ4n) is 1.96. The van der Waals surface area contributed by atoms with Gasteiger partial charge in [-0.15, -0.1) is 0 Å². The summed E-state index contributed by atoms with van der Waals surface area (Å²) in [6, 6.07) is 15.1. The molecular weight excluding hydrogens is 238 g/mol. The van der Waals surface area contributed by atoms with Crippen molar-refractivity contribution >= 4 is 0 Å². The molecular formula is C16H19NO2. The van der Waals surface area contributed by atoms with Gasteiger partial charge in [-0.3, -0.25) is 0 Å². The van der Waals surface area contributed by atoms with Crippen molar-refractivity contribution in [3.63, 3.8) is 0 Å². The highest BCUT2D eigenvalue weighted by molar-refractivity contribution is 5.35. The minimum atomic E-state index is -0.631. The third kappa shape index (κ3) is 3.13. The highest BCUT2D eigenvalue weighted by atomic mass is 16.5. The van der Waals surface area contributed by atoms with Crippen LogP contribution in [0.25, 0.3) is 0 Å². The van der Waals surface area contributed by atoms with Crippen LogP contribution in [-0.2, 0) is 0 Å². The number of aliphatic hydroxyl groups is 1. The van der Waals surface area contributed by atoms with Crippen molar-refractivity contribution in [2.24, 2.45) is 5.73 Å². The SMILES string of the molecule is COc1ccc(C(O)c2ccc(C(C)N)cc2)cc1. The topological polar surface area (TPSA) is 55.5 Å². The highest BCUT2D eigenvalue weighted by Gasteiger charge is 2.10. The number of nitrogens with two attached hydrogens (primary N) is 1. The maximum absolute atomic E-state index is 10.3. The van der Waals surface area contributed by atoms with Crippen molar-refractivity contribution in [2.45, 2.75) is 19.1 Å². The lowest BCUT2D eigenvalue weighted by Crippen LogP contribution is -2.05. The number of hydrogen-bond acceptors (Lipinski definition) is 3. The van der Waals surface area contributed by atoms with Gasteiger partial charge in [-0.05, 0) is 35.7 Å². The average molecular weight is 257 g/mol. The molecule has 3 heteroatoms. The van der Waals surface area contributed by atoms with Crippen LogP contribution in [0.5, 0.6) is 5.75 Å². The zero-order valence-electron chi connectivity index (χ0n) is 11.2. The lowest BCUT2D eigenvalue weighted by Gasteiger charge is -2.13. The Balaban J connectivity index is 2.20. The maximum atomic E-state index is 10.3. The Labute approximate surface area is 113 Å². The van der Waals surface area contributed by atoms with E-state index in [-0.39, 0.29) is 6.04 Å². The molecule has 3 nitrogen and oxygen atoms in total. The van der Waals surface area contributed by atoms with Crippen LogP contribution in [0.2, 0.25) is 0 Å². The molecule has 0 heterocycles. The molecule has 0 spiro atoms. The first kappa shape index (κ1) is 13.6. The fraction of sp³-hybridized carbons (Fsp3) is 0.250. The Bertz CT molecular complexity index is 517. The monoisotopic (exact) mass is 257 g/mol. The van der Waals surface area contributed by atoms with Crippen LogP contribution in [0.4, 0.5) is 0 Å². The Morgan fingerprint density at radius 3 is 1.74 bits per heavy atom. The van der Waals surface area contributed by atoms with E-state index < -0.39 is 6.10 Å². The Morgan fingerprint density at radius 1 is 0.895 bits per heavy atom. The van der Waals surface area contributed by atoms with Crippen LogP contribution in [-0.4, -0.2) is 12.2 Å². The van der Waals surface area contributed by atoms with Gasteiger partial charge < -0.3 is 15.6 Å². The predicted molar refractivity (Wildman–Crippen MR) is 76.1 cm³/mol. The molecule has 0 saturated carbocycles. The van der Waals surface area contributed by atoms with Crippen LogP contribution < -0.4 is 10.5 Å². The second-order valence-corrected chi connectivity index (χ2v) is 4.63. The summed E-state index contributed by atoms with van der Waals surface area (Å²) < 4.78 is 5.10. The Kier molecular flexibility index (Phi) is 4.20. The van der Waals surface area contributed by atoms with Gasteiger partial charge in [-0.25, -0.2) is 0 Å². The Morgan fingerprint density at radius 2 is 1.32 bits per heavy atom. The molecule has 2 aromatic carbocycles. The van der Waals surface area contributed by atoms with E-state index in [0.29, 0.717) is 0 Å². The normalized spacial score (nSPS) is 13.9. The largest absolute Gasteiger partial charge is 0.497 e. The van der Waals surface area contributed by atoms with E-state index in [1.807, 2.05) is 55.5 Å². The molecule has 2 rings (SSSR count). The van der Waals surface area contributed by atoms with Gasteiger partial charge in [0.2, 0.25) is 0 Å². The standard InChI is InChI=1S/C16H19NO2/c1-11(17)12-3-5-13(6-4-12)16(18)14-7-9-15(19-2)10-8-14/h3-11,16,18H,17H2,1-2H3. The van der Waals surface area contributed by atoms with E-state index in [9.17, 15) is 5.11 Å². The number of rotatable bonds is 4. The lowest BCUT2D eigenvalue weighted by atomic mass is 9.99. The van der Waals surface area contributed by atoms with Crippen LogP contribution in [0, 0.1) is 0 Å². The predicted octanol–water partition coefficient (Wildman–Crippen LogP) is 2.80. The van der Waals surface area contributed by atoms with Crippen molar-refractivity contribution in [1.82, 2.24) is 0 Å². The molecule has 0 aliphatic heterocycles. The molecule has 0 fully saturated rings. The maximum Gasteiger partial charge on any atom is 0.118 e. The zero-order valence-corrected chi connectivity index (χ0v) is 11.2. The zero-order chi connectivity index (χ0) is 13.8. The van der Waals surface area contributed by atoms with E-state index in [1.54, 1.807) is 7.11 Å². The fourth-order valence-corrected chi connectivity index (χ4v) is 1.96. The van der Waals surface area contributed by atoms with Gasteiger partial charge in [0, 0.05) is 6.04 Å². The molecule has 2 atom stereocenters. The molecule has 0 radical (unpaired) electrons. The minimum absolute atomic E-state index is 0.00665. The van der Waals surface area contributed by atoms with Crippen molar-refractivity contribution < 1.29 is 9.84 Å². The first-order chi connectivity index (χ1) is 9.11. The molecule has 0 aromatic heterocycles. The summed E-state index contributed by atoms with van der Waals surface area (Å²) in [6.07, 6.45) is -0.631. The number of hydrogen-bond donors (Lipinski definition) is 2. The highest BCUT2D eigenvalue weighted by Crippen LogP contribution is 2.24. The molecule has 0 amide bonds. The molecule has 0 saturated heterocycles. The van der Waals surface area contributed by atoms with Crippen molar-refractivity contribution in [2.75, 3.05) is 7.11 Å². The van der Waals surface area contributed by atoms with Gasteiger partial charge in [0.25, 0.3) is 0 Å². The summed E-state index contributed by atoms with van der Waals surface area (Å²) in [7, 11) is 1.62. The summed E-state index contributed by atoms with van der Waals surface area (Å²) in [4.78, 5) is 0. The first-order valence-electron chi connectivity index (χ1n) is 6.29. The summed E-state index contributed by atoms with van der Waals surface area (Å²) in [6.45, 7) is 1.94. The molecule has 0 aliphatic rings. The molecule has 100 valence electrons. The second-order valence-electron chi connectivity index (χ2n) is 4.63. The van der Waals surface area contributed by atoms with Gasteiger partial charge in [0.05, 0.1) is 7.11 Å². The number of ether oxygens (including phenoxy) is 1. The van der Waals surface area contributed by atoms with Gasteiger partial charge in [-0.1, -0.05) is 36.4 Å². The van der Waals surface area contributed by atoms with Crippen LogP contribution in [0.3, 0.4) is 0 Å². The van der Waals surface area contributed by atoms with Gasteiger partial charge in [-0.2, -0.15) is 0 Å². The van der Waals surface area contributed by atoms with Gasteiger partial charge >= 0.3 is 0 Å². The van der Waals surface area contributed by atoms with E-state index in [4.69, 9.17) is 10.5 Å². The lowest BCUT2D eigenvalue weighted by molar-refractivity contribution is 0.220. The van der Waals surface area contributed by atoms with Gasteiger partial charge in [0.1, 0.15) is 11.9 Å². The molecule has 2 aromatic rings. The quantitative estimate of drug-likeness (QED) is 0.885.